The number of benzene rings is 2. The highest BCUT2D eigenvalue weighted by Gasteiger charge is 2.21. The van der Waals surface area contributed by atoms with Crippen molar-refractivity contribution >= 4 is 39.4 Å². The highest BCUT2D eigenvalue weighted by Crippen LogP contribution is 2.34. The number of hydrogen-bond donors (Lipinski definition) is 3. The van der Waals surface area contributed by atoms with E-state index in [0.717, 1.165) is 84.8 Å². The number of H-pyrrole nitrogens is 1. The molecule has 2 aromatic carbocycles. The molecule has 1 saturated heterocycles. The zero-order valence-electron chi connectivity index (χ0n) is 19.2. The molecular formula is C27H30N4O3. The van der Waals surface area contributed by atoms with Crippen LogP contribution in [0.4, 0.5) is 5.69 Å². The van der Waals surface area contributed by atoms with E-state index in [1.165, 1.54) is 6.42 Å². The number of fused-ring (bicyclic) bond motifs is 2. The number of hydrogen-bond acceptors (Lipinski definition) is 3. The van der Waals surface area contributed by atoms with Crippen molar-refractivity contribution in [2.45, 2.75) is 45.1 Å². The number of aromatic amines is 1. The summed E-state index contributed by atoms with van der Waals surface area (Å²) in [6.07, 6.45) is 10.5. The first-order valence-electron chi connectivity index (χ1n) is 12.0. The standard InChI is InChI=1S/C27H30N4O3/c28-26(32)21-8-10-24-20(25(21)31-13-3-1-4-14-31)11-15-30(24)12-5-2-6-19-17-29-23-9-7-18(27(33)34)16-22(19)23/h7-11,15-17,29H,1-6,12-14H2,(H2,28,32)(H,33,34). The first-order chi connectivity index (χ1) is 16.5. The Hall–Kier alpha value is -3.74. The van der Waals surface area contributed by atoms with Crippen molar-refractivity contribution in [2.24, 2.45) is 5.73 Å². The zero-order chi connectivity index (χ0) is 23.7. The van der Waals surface area contributed by atoms with Gasteiger partial charge in [0, 0.05) is 48.3 Å². The molecule has 4 aromatic rings. The summed E-state index contributed by atoms with van der Waals surface area (Å²) in [6.45, 7) is 2.79. The summed E-state index contributed by atoms with van der Waals surface area (Å²) < 4.78 is 2.26. The lowest BCUT2D eigenvalue weighted by Crippen LogP contribution is -2.31. The number of nitrogens with one attached hydrogen (secondary N) is 1. The molecule has 176 valence electrons. The average molecular weight is 459 g/mol. The number of aromatic nitrogens is 2. The number of carbonyl (C=O) groups is 2. The molecular weight excluding hydrogens is 428 g/mol. The van der Waals surface area contributed by atoms with Gasteiger partial charge in [-0.25, -0.2) is 4.79 Å². The summed E-state index contributed by atoms with van der Waals surface area (Å²) >= 11 is 0. The van der Waals surface area contributed by atoms with E-state index in [-0.39, 0.29) is 5.91 Å². The van der Waals surface area contributed by atoms with Crippen LogP contribution in [0.15, 0.2) is 48.8 Å². The third-order valence-electron chi connectivity index (χ3n) is 6.97. The lowest BCUT2D eigenvalue weighted by molar-refractivity contribution is 0.0696. The smallest absolute Gasteiger partial charge is 0.335 e. The Labute approximate surface area is 198 Å². The van der Waals surface area contributed by atoms with E-state index in [9.17, 15) is 14.7 Å². The summed E-state index contributed by atoms with van der Waals surface area (Å²) in [5, 5.41) is 11.4. The maximum atomic E-state index is 12.1. The molecule has 0 saturated carbocycles. The van der Waals surface area contributed by atoms with Gasteiger partial charge >= 0.3 is 5.97 Å². The second-order valence-electron chi connectivity index (χ2n) is 9.15. The van der Waals surface area contributed by atoms with Gasteiger partial charge in [-0.3, -0.25) is 4.79 Å². The van der Waals surface area contributed by atoms with Crippen molar-refractivity contribution in [2.75, 3.05) is 18.0 Å². The van der Waals surface area contributed by atoms with Crippen molar-refractivity contribution in [3.63, 3.8) is 0 Å². The topological polar surface area (TPSA) is 104 Å². The van der Waals surface area contributed by atoms with Crippen LogP contribution in [-0.4, -0.2) is 39.6 Å². The highest BCUT2D eigenvalue weighted by atomic mass is 16.4. The molecule has 2 aromatic heterocycles. The number of carbonyl (C=O) groups excluding carboxylic acids is 1. The van der Waals surface area contributed by atoms with Crippen LogP contribution >= 0.6 is 0 Å². The SMILES string of the molecule is NC(=O)c1ccc2c(ccn2CCCCc2c[nH]c3ccc(C(=O)O)cc23)c1N1CCCCC1. The van der Waals surface area contributed by atoms with E-state index < -0.39 is 5.97 Å². The first-order valence-corrected chi connectivity index (χ1v) is 12.0. The van der Waals surface area contributed by atoms with Gasteiger partial charge in [-0.1, -0.05) is 0 Å². The molecule has 1 fully saturated rings. The average Bonchev–Trinajstić information content (AvgIpc) is 3.45. The van der Waals surface area contributed by atoms with Gasteiger partial charge in [0.15, 0.2) is 0 Å². The third-order valence-corrected chi connectivity index (χ3v) is 6.97. The number of amides is 1. The molecule has 1 amide bonds. The van der Waals surface area contributed by atoms with Gasteiger partial charge in [-0.05, 0) is 80.5 Å². The van der Waals surface area contributed by atoms with E-state index >= 15 is 0 Å². The molecule has 7 nitrogen and oxygen atoms in total. The van der Waals surface area contributed by atoms with E-state index in [1.54, 1.807) is 12.1 Å². The second-order valence-corrected chi connectivity index (χ2v) is 9.15. The number of piperidine rings is 1. The van der Waals surface area contributed by atoms with Crippen molar-refractivity contribution < 1.29 is 14.7 Å². The Bertz CT molecular complexity index is 1360. The molecule has 1 aliphatic rings. The molecule has 0 atom stereocenters. The van der Waals surface area contributed by atoms with Crippen LogP contribution in [0.2, 0.25) is 0 Å². The number of aromatic carboxylic acids is 1. The van der Waals surface area contributed by atoms with Crippen LogP contribution in [0.1, 0.15) is 58.4 Å². The predicted octanol–water partition coefficient (Wildman–Crippen LogP) is 4.93. The van der Waals surface area contributed by atoms with E-state index in [4.69, 9.17) is 5.73 Å². The maximum absolute atomic E-state index is 12.1. The van der Waals surface area contributed by atoms with Gasteiger partial charge < -0.3 is 25.3 Å². The Balaban J connectivity index is 1.31. The minimum absolute atomic E-state index is 0.312. The molecule has 3 heterocycles. The molecule has 1 aliphatic heterocycles. The normalized spacial score (nSPS) is 14.2. The largest absolute Gasteiger partial charge is 0.478 e. The van der Waals surface area contributed by atoms with Gasteiger partial charge in [-0.2, -0.15) is 0 Å². The van der Waals surface area contributed by atoms with Crippen molar-refractivity contribution in [3.05, 3.63) is 65.5 Å². The van der Waals surface area contributed by atoms with Crippen molar-refractivity contribution in [1.82, 2.24) is 9.55 Å². The van der Waals surface area contributed by atoms with E-state index in [1.807, 2.05) is 24.4 Å². The number of anilines is 1. The van der Waals surface area contributed by atoms with Crippen LogP contribution in [0.3, 0.4) is 0 Å². The van der Waals surface area contributed by atoms with Gasteiger partial charge in [0.05, 0.1) is 22.3 Å². The number of nitrogens with two attached hydrogens (primary N) is 1. The van der Waals surface area contributed by atoms with Gasteiger partial charge in [-0.15, -0.1) is 0 Å². The summed E-state index contributed by atoms with van der Waals surface area (Å²) in [5.41, 5.74) is 10.9. The van der Waals surface area contributed by atoms with Gasteiger partial charge in [0.2, 0.25) is 0 Å². The molecule has 0 spiro atoms. The number of primary amides is 1. The first kappa shape index (κ1) is 22.1. The van der Waals surface area contributed by atoms with Crippen molar-refractivity contribution in [3.8, 4) is 0 Å². The van der Waals surface area contributed by atoms with Crippen LogP contribution in [0.5, 0.6) is 0 Å². The minimum Gasteiger partial charge on any atom is -0.478 e. The number of unbranched alkanes of at least 4 members (excludes halogenated alkanes) is 1. The lowest BCUT2D eigenvalue weighted by atomic mass is 10.0. The van der Waals surface area contributed by atoms with Crippen molar-refractivity contribution in [1.29, 1.82) is 0 Å². The number of carboxylic acid groups (broad SMARTS) is 1. The number of rotatable bonds is 8. The summed E-state index contributed by atoms with van der Waals surface area (Å²) in [6, 6.07) is 11.2. The van der Waals surface area contributed by atoms with E-state index in [0.29, 0.717) is 11.1 Å². The monoisotopic (exact) mass is 458 g/mol. The Kier molecular flexibility index (Phi) is 6.01. The molecule has 7 heteroatoms. The number of aryl methyl sites for hydroxylation is 2. The molecule has 5 rings (SSSR count). The third kappa shape index (κ3) is 4.14. The van der Waals surface area contributed by atoms with Crippen LogP contribution in [0.25, 0.3) is 21.8 Å². The fourth-order valence-electron chi connectivity index (χ4n) is 5.22. The second kappa shape index (κ2) is 9.25. The molecule has 0 bridgehead atoms. The summed E-state index contributed by atoms with van der Waals surface area (Å²) in [7, 11) is 0. The molecule has 34 heavy (non-hydrogen) atoms. The molecule has 0 radical (unpaired) electrons. The Morgan fingerprint density at radius 3 is 2.59 bits per heavy atom. The molecule has 4 N–H and O–H groups in total. The highest BCUT2D eigenvalue weighted by molar-refractivity contribution is 6.07. The van der Waals surface area contributed by atoms with E-state index in [2.05, 4.69) is 26.7 Å². The summed E-state index contributed by atoms with van der Waals surface area (Å²) in [4.78, 5) is 29.0. The van der Waals surface area contributed by atoms with Crippen LogP contribution in [0, 0.1) is 0 Å². The fourth-order valence-corrected chi connectivity index (χ4v) is 5.22. The summed E-state index contributed by atoms with van der Waals surface area (Å²) in [5.74, 6) is -1.28. The zero-order valence-corrected chi connectivity index (χ0v) is 19.2. The molecule has 0 unspecified atom stereocenters. The van der Waals surface area contributed by atoms with Crippen LogP contribution < -0.4 is 10.6 Å². The quantitative estimate of drug-likeness (QED) is 0.326. The van der Waals surface area contributed by atoms with Gasteiger partial charge in [0.25, 0.3) is 5.91 Å². The number of nitrogens with zero attached hydrogens (tertiary/aromatic N) is 2. The molecule has 0 aliphatic carbocycles. The lowest BCUT2D eigenvalue weighted by Gasteiger charge is -2.30. The predicted molar refractivity (Wildman–Crippen MR) is 135 cm³/mol. The Morgan fingerprint density at radius 1 is 1.00 bits per heavy atom. The minimum atomic E-state index is -0.906. The fraction of sp³-hybridized carbons (Fsp3) is 0.333. The maximum Gasteiger partial charge on any atom is 0.335 e. The van der Waals surface area contributed by atoms with Crippen LogP contribution in [-0.2, 0) is 13.0 Å². The number of carboxylic acids is 1. The Morgan fingerprint density at radius 2 is 1.82 bits per heavy atom. The van der Waals surface area contributed by atoms with Gasteiger partial charge in [0.1, 0.15) is 0 Å².